The van der Waals surface area contributed by atoms with Gasteiger partial charge in [-0.05, 0) is 62.7 Å². The zero-order chi connectivity index (χ0) is 14.7. The predicted molar refractivity (Wildman–Crippen MR) is 88.4 cm³/mol. The van der Waals surface area contributed by atoms with Crippen LogP contribution in [0.3, 0.4) is 0 Å². The number of methoxy groups -OCH3 is 1. The first kappa shape index (κ1) is 14.7. The Bertz CT molecular complexity index is 478. The van der Waals surface area contributed by atoms with Gasteiger partial charge < -0.3 is 15.0 Å². The fourth-order valence-electron chi connectivity index (χ4n) is 3.84. The molecular formula is C18H28N2O. The Hall–Kier alpha value is -1.22. The van der Waals surface area contributed by atoms with Gasteiger partial charge >= 0.3 is 0 Å². The molecule has 0 bridgehead atoms. The third-order valence-corrected chi connectivity index (χ3v) is 5.31. The van der Waals surface area contributed by atoms with Gasteiger partial charge in [0.2, 0.25) is 0 Å². The zero-order valence-electron chi connectivity index (χ0n) is 13.5. The molecule has 3 nitrogen and oxygen atoms in total. The first-order chi connectivity index (χ1) is 10.3. The van der Waals surface area contributed by atoms with Crippen molar-refractivity contribution in [3.63, 3.8) is 0 Å². The highest BCUT2D eigenvalue weighted by Gasteiger charge is 2.41. The molecule has 0 aliphatic carbocycles. The molecule has 3 rings (SSSR count). The Morgan fingerprint density at radius 1 is 1.24 bits per heavy atom. The summed E-state index contributed by atoms with van der Waals surface area (Å²) in [6.07, 6.45) is 6.57. The van der Waals surface area contributed by atoms with E-state index in [0.29, 0.717) is 5.41 Å². The van der Waals surface area contributed by atoms with Gasteiger partial charge in [0.1, 0.15) is 5.75 Å². The molecule has 0 radical (unpaired) electrons. The van der Waals surface area contributed by atoms with E-state index in [0.717, 1.165) is 12.3 Å². The molecule has 0 saturated carbocycles. The lowest BCUT2D eigenvalue weighted by molar-refractivity contribution is 0.166. The van der Waals surface area contributed by atoms with E-state index in [-0.39, 0.29) is 0 Å². The van der Waals surface area contributed by atoms with Crippen LogP contribution in [0.25, 0.3) is 0 Å². The maximum absolute atomic E-state index is 5.42. The lowest BCUT2D eigenvalue weighted by atomic mass is 9.74. The van der Waals surface area contributed by atoms with Crippen molar-refractivity contribution in [3.8, 4) is 5.75 Å². The van der Waals surface area contributed by atoms with Gasteiger partial charge in [0.05, 0.1) is 7.11 Å². The van der Waals surface area contributed by atoms with Crippen LogP contribution in [0.5, 0.6) is 5.75 Å². The van der Waals surface area contributed by atoms with Crippen molar-refractivity contribution in [2.24, 2.45) is 0 Å². The highest BCUT2D eigenvalue weighted by Crippen LogP contribution is 2.45. The Morgan fingerprint density at radius 2 is 2.05 bits per heavy atom. The monoisotopic (exact) mass is 288 g/mol. The van der Waals surface area contributed by atoms with Gasteiger partial charge in [-0.3, -0.25) is 0 Å². The molecule has 0 aromatic heterocycles. The van der Waals surface area contributed by atoms with Gasteiger partial charge in [-0.2, -0.15) is 0 Å². The standard InChI is InChI=1S/C18H28N2O/c1-3-4-5-10-20-11-8-18(9-12-20)14-19-17-7-6-15(21-2)13-16(17)18/h6-7,13,19H,3-5,8-12,14H2,1-2H3. The zero-order valence-corrected chi connectivity index (χ0v) is 13.5. The molecule has 3 heteroatoms. The maximum atomic E-state index is 5.42. The molecular weight excluding hydrogens is 260 g/mol. The molecule has 0 atom stereocenters. The fourth-order valence-corrected chi connectivity index (χ4v) is 3.84. The van der Waals surface area contributed by atoms with Gasteiger partial charge in [0, 0.05) is 17.6 Å². The number of nitrogens with one attached hydrogen (secondary N) is 1. The number of rotatable bonds is 5. The summed E-state index contributed by atoms with van der Waals surface area (Å²) in [5.41, 5.74) is 3.13. The molecule has 0 unspecified atom stereocenters. The van der Waals surface area contributed by atoms with E-state index in [1.807, 2.05) is 0 Å². The van der Waals surface area contributed by atoms with Gasteiger partial charge in [0.25, 0.3) is 0 Å². The van der Waals surface area contributed by atoms with E-state index in [2.05, 4.69) is 35.3 Å². The topological polar surface area (TPSA) is 24.5 Å². The summed E-state index contributed by atoms with van der Waals surface area (Å²) >= 11 is 0. The fraction of sp³-hybridized carbons (Fsp3) is 0.667. The van der Waals surface area contributed by atoms with Crippen LogP contribution in [0.2, 0.25) is 0 Å². The van der Waals surface area contributed by atoms with E-state index >= 15 is 0 Å². The molecule has 116 valence electrons. The minimum Gasteiger partial charge on any atom is -0.497 e. The second kappa shape index (κ2) is 6.27. The van der Waals surface area contributed by atoms with Crippen molar-refractivity contribution < 1.29 is 4.74 Å². The molecule has 1 saturated heterocycles. The van der Waals surface area contributed by atoms with Crippen LogP contribution >= 0.6 is 0 Å². The number of ether oxygens (including phenoxy) is 1. The van der Waals surface area contributed by atoms with Crippen molar-refractivity contribution in [3.05, 3.63) is 23.8 Å². The number of likely N-dealkylation sites (tertiary alicyclic amines) is 1. The quantitative estimate of drug-likeness (QED) is 0.837. The predicted octanol–water partition coefficient (Wildman–Crippen LogP) is 3.64. The summed E-state index contributed by atoms with van der Waals surface area (Å²) in [6.45, 7) is 7.13. The molecule has 0 amide bonds. The molecule has 21 heavy (non-hydrogen) atoms. The smallest absolute Gasteiger partial charge is 0.119 e. The molecule has 1 fully saturated rings. The average Bonchev–Trinajstić information content (AvgIpc) is 2.88. The number of piperidine rings is 1. The van der Waals surface area contributed by atoms with Gasteiger partial charge in [-0.15, -0.1) is 0 Å². The Morgan fingerprint density at radius 3 is 2.76 bits per heavy atom. The number of hydrogen-bond acceptors (Lipinski definition) is 3. The molecule has 1 N–H and O–H groups in total. The number of hydrogen-bond donors (Lipinski definition) is 1. The number of nitrogens with zero attached hydrogens (tertiary/aromatic N) is 1. The maximum Gasteiger partial charge on any atom is 0.119 e. The van der Waals surface area contributed by atoms with Crippen molar-refractivity contribution in [1.29, 1.82) is 0 Å². The summed E-state index contributed by atoms with van der Waals surface area (Å²) in [5.74, 6) is 0.988. The average molecular weight is 288 g/mol. The largest absolute Gasteiger partial charge is 0.497 e. The number of benzene rings is 1. The third-order valence-electron chi connectivity index (χ3n) is 5.31. The molecule has 2 aliphatic rings. The van der Waals surface area contributed by atoms with Crippen LogP contribution in [0, 0.1) is 0 Å². The van der Waals surface area contributed by atoms with Crippen molar-refractivity contribution in [2.75, 3.05) is 38.6 Å². The Balaban J connectivity index is 1.67. The highest BCUT2D eigenvalue weighted by atomic mass is 16.5. The molecule has 1 aromatic rings. The van der Waals surface area contributed by atoms with Crippen molar-refractivity contribution in [2.45, 2.75) is 44.4 Å². The van der Waals surface area contributed by atoms with Gasteiger partial charge in [0.15, 0.2) is 0 Å². The van der Waals surface area contributed by atoms with Crippen LogP contribution in [-0.2, 0) is 5.41 Å². The van der Waals surface area contributed by atoms with E-state index in [4.69, 9.17) is 4.74 Å². The first-order valence-electron chi connectivity index (χ1n) is 8.42. The number of fused-ring (bicyclic) bond motifs is 2. The SMILES string of the molecule is CCCCCN1CCC2(CC1)CNc1ccc(OC)cc12. The second-order valence-electron chi connectivity index (χ2n) is 6.59. The van der Waals surface area contributed by atoms with Gasteiger partial charge in [-0.1, -0.05) is 19.8 Å². The van der Waals surface area contributed by atoms with Crippen LogP contribution in [0.15, 0.2) is 18.2 Å². The van der Waals surface area contributed by atoms with E-state index < -0.39 is 0 Å². The second-order valence-corrected chi connectivity index (χ2v) is 6.59. The number of anilines is 1. The van der Waals surface area contributed by atoms with Crippen LogP contribution in [0.4, 0.5) is 5.69 Å². The van der Waals surface area contributed by atoms with Crippen LogP contribution in [-0.4, -0.2) is 38.2 Å². The highest BCUT2D eigenvalue weighted by molar-refractivity contribution is 5.62. The first-order valence-corrected chi connectivity index (χ1v) is 8.42. The molecule has 2 heterocycles. The normalized spacial score (nSPS) is 20.3. The summed E-state index contributed by atoms with van der Waals surface area (Å²) in [5, 5.41) is 3.61. The van der Waals surface area contributed by atoms with Gasteiger partial charge in [-0.25, -0.2) is 0 Å². The lowest BCUT2D eigenvalue weighted by Crippen LogP contribution is -2.44. The van der Waals surface area contributed by atoms with E-state index in [1.165, 1.54) is 63.0 Å². The summed E-state index contributed by atoms with van der Waals surface area (Å²) < 4.78 is 5.42. The molecule has 1 aromatic carbocycles. The molecule has 2 aliphatic heterocycles. The van der Waals surface area contributed by atoms with Crippen molar-refractivity contribution in [1.82, 2.24) is 4.90 Å². The van der Waals surface area contributed by atoms with Crippen LogP contribution < -0.4 is 10.1 Å². The number of unbranched alkanes of at least 4 members (excludes halogenated alkanes) is 2. The van der Waals surface area contributed by atoms with E-state index in [1.54, 1.807) is 7.11 Å². The minimum absolute atomic E-state index is 0.338. The van der Waals surface area contributed by atoms with E-state index in [9.17, 15) is 0 Å². The minimum atomic E-state index is 0.338. The third kappa shape index (κ3) is 2.89. The summed E-state index contributed by atoms with van der Waals surface area (Å²) in [7, 11) is 1.76. The van der Waals surface area contributed by atoms with Crippen molar-refractivity contribution >= 4 is 5.69 Å². The Kier molecular flexibility index (Phi) is 4.39. The Labute approximate surface area is 128 Å². The summed E-state index contributed by atoms with van der Waals surface area (Å²) in [6, 6.07) is 6.49. The summed E-state index contributed by atoms with van der Waals surface area (Å²) in [4.78, 5) is 2.65. The molecule has 1 spiro atoms. The van der Waals surface area contributed by atoms with Crippen LogP contribution in [0.1, 0.15) is 44.6 Å². The lowest BCUT2D eigenvalue weighted by Gasteiger charge is -2.39.